The van der Waals surface area contributed by atoms with E-state index >= 15 is 0 Å². The third-order valence-corrected chi connectivity index (χ3v) is 4.14. The Kier molecular flexibility index (Phi) is 5.77. The monoisotopic (exact) mass is 318 g/mol. The van der Waals surface area contributed by atoms with Gasteiger partial charge in [-0.15, -0.1) is 0 Å². The number of nitrogens with zero attached hydrogens (tertiary/aromatic N) is 1. The summed E-state index contributed by atoms with van der Waals surface area (Å²) in [6.45, 7) is 2.02. The molecule has 0 spiro atoms. The van der Waals surface area contributed by atoms with Crippen molar-refractivity contribution in [1.82, 2.24) is 9.97 Å². The van der Waals surface area contributed by atoms with Gasteiger partial charge in [-0.1, -0.05) is 55.4 Å². The van der Waals surface area contributed by atoms with Gasteiger partial charge >= 0.3 is 5.97 Å². The van der Waals surface area contributed by atoms with Crippen LogP contribution in [0.1, 0.15) is 29.9 Å². The number of aromatic amines is 1. The Morgan fingerprint density at radius 3 is 2.73 bits per heavy atom. The molecule has 1 unspecified atom stereocenters. The van der Waals surface area contributed by atoms with Crippen molar-refractivity contribution in [2.45, 2.75) is 30.2 Å². The third kappa shape index (κ3) is 4.21. The molecule has 0 radical (unpaired) electrons. The van der Waals surface area contributed by atoms with Gasteiger partial charge in [0.15, 0.2) is 5.16 Å². The summed E-state index contributed by atoms with van der Waals surface area (Å²) in [5, 5.41) is -0.138. The largest absolute Gasteiger partial charge is 0.468 e. The fraction of sp³-hybridized carbons (Fsp3) is 0.312. The number of hydrogen-bond donors (Lipinski definition) is 1. The summed E-state index contributed by atoms with van der Waals surface area (Å²) in [4.78, 5) is 30.8. The number of H-pyrrole nitrogens is 1. The normalized spacial score (nSPS) is 11.9. The summed E-state index contributed by atoms with van der Waals surface area (Å²) < 4.78 is 4.87. The lowest BCUT2D eigenvalue weighted by molar-refractivity contribution is -0.140. The van der Waals surface area contributed by atoms with Gasteiger partial charge in [0.25, 0.3) is 5.56 Å². The molecular formula is C16H18N2O3S. The van der Waals surface area contributed by atoms with Crippen molar-refractivity contribution in [3.8, 4) is 0 Å². The Morgan fingerprint density at radius 2 is 2.09 bits per heavy atom. The lowest BCUT2D eigenvalue weighted by atomic mass is 10.1. The molecule has 1 N–H and O–H groups in total. The van der Waals surface area contributed by atoms with E-state index in [1.807, 2.05) is 37.3 Å². The average Bonchev–Trinajstić information content (AvgIpc) is 2.52. The van der Waals surface area contributed by atoms with E-state index in [1.165, 1.54) is 24.9 Å². The Hall–Kier alpha value is -2.08. The molecule has 5 nitrogen and oxygen atoms in total. The molecule has 0 bridgehead atoms. The van der Waals surface area contributed by atoms with Crippen LogP contribution in [-0.4, -0.2) is 23.0 Å². The van der Waals surface area contributed by atoms with Gasteiger partial charge in [0.1, 0.15) is 5.25 Å². The number of benzene rings is 1. The molecule has 0 fully saturated rings. The maximum atomic E-state index is 12.0. The number of aryl methyl sites for hydroxylation is 1. The second-order valence-corrected chi connectivity index (χ2v) is 5.82. The lowest BCUT2D eigenvalue weighted by Crippen LogP contribution is -2.14. The van der Waals surface area contributed by atoms with Crippen LogP contribution >= 0.6 is 11.8 Å². The lowest BCUT2D eigenvalue weighted by Gasteiger charge is -2.14. The van der Waals surface area contributed by atoms with Gasteiger partial charge < -0.3 is 9.72 Å². The smallest absolute Gasteiger partial charge is 0.323 e. The highest BCUT2D eigenvalue weighted by Crippen LogP contribution is 2.33. The van der Waals surface area contributed by atoms with Crippen LogP contribution in [0.3, 0.4) is 0 Å². The first kappa shape index (κ1) is 16.3. The first-order valence-corrected chi connectivity index (χ1v) is 7.91. The second-order valence-electron chi connectivity index (χ2n) is 4.72. The average molecular weight is 318 g/mol. The van der Waals surface area contributed by atoms with Crippen LogP contribution in [0.2, 0.25) is 0 Å². The standard InChI is InChI=1S/C16H18N2O3S/c1-3-7-12-10-13(19)18-16(17-12)22-14(15(20)21-2)11-8-5-4-6-9-11/h4-6,8-10,14H,3,7H2,1-2H3,(H,17,18,19). The Balaban J connectivity index is 2.31. The van der Waals surface area contributed by atoms with Gasteiger partial charge in [0.2, 0.25) is 0 Å². The van der Waals surface area contributed by atoms with Crippen molar-refractivity contribution in [1.29, 1.82) is 0 Å². The van der Waals surface area contributed by atoms with Crippen molar-refractivity contribution < 1.29 is 9.53 Å². The van der Waals surface area contributed by atoms with Crippen LogP contribution in [0.4, 0.5) is 0 Å². The molecule has 1 aromatic heterocycles. The minimum Gasteiger partial charge on any atom is -0.468 e. The van der Waals surface area contributed by atoms with E-state index in [-0.39, 0.29) is 11.5 Å². The maximum absolute atomic E-state index is 12.0. The van der Waals surface area contributed by atoms with E-state index in [1.54, 1.807) is 0 Å². The van der Waals surface area contributed by atoms with Crippen LogP contribution < -0.4 is 5.56 Å². The van der Waals surface area contributed by atoms with Crippen LogP contribution in [0.15, 0.2) is 46.3 Å². The molecule has 6 heteroatoms. The number of carbonyl (C=O) groups is 1. The molecule has 1 atom stereocenters. The third-order valence-electron chi connectivity index (χ3n) is 3.03. The van der Waals surface area contributed by atoms with E-state index in [0.717, 1.165) is 24.1 Å². The number of methoxy groups -OCH3 is 1. The van der Waals surface area contributed by atoms with Crippen LogP contribution in [0.5, 0.6) is 0 Å². The Morgan fingerprint density at radius 1 is 1.36 bits per heavy atom. The summed E-state index contributed by atoms with van der Waals surface area (Å²) in [5.74, 6) is -0.375. The predicted octanol–water partition coefficient (Wildman–Crippen LogP) is 2.73. The van der Waals surface area contributed by atoms with Crippen molar-refractivity contribution in [3.63, 3.8) is 0 Å². The molecule has 0 saturated heterocycles. The molecule has 116 valence electrons. The zero-order chi connectivity index (χ0) is 15.9. The van der Waals surface area contributed by atoms with Gasteiger partial charge in [-0.2, -0.15) is 0 Å². The van der Waals surface area contributed by atoms with E-state index in [2.05, 4.69) is 9.97 Å². The number of thioether (sulfide) groups is 1. The van der Waals surface area contributed by atoms with E-state index in [4.69, 9.17) is 4.74 Å². The number of nitrogens with one attached hydrogen (secondary N) is 1. The van der Waals surface area contributed by atoms with Crippen molar-refractivity contribution >= 4 is 17.7 Å². The molecule has 1 aromatic carbocycles. The molecule has 2 rings (SSSR count). The molecule has 0 aliphatic carbocycles. The van der Waals surface area contributed by atoms with Crippen molar-refractivity contribution in [3.05, 3.63) is 58.0 Å². The Labute approximate surface area is 133 Å². The highest BCUT2D eigenvalue weighted by Gasteiger charge is 2.24. The molecular weight excluding hydrogens is 300 g/mol. The van der Waals surface area contributed by atoms with Gasteiger partial charge in [-0.05, 0) is 12.0 Å². The van der Waals surface area contributed by atoms with Gasteiger partial charge in [0.05, 0.1) is 7.11 Å². The first-order chi connectivity index (χ1) is 10.6. The van der Waals surface area contributed by atoms with Crippen LogP contribution in [0, 0.1) is 0 Å². The topological polar surface area (TPSA) is 72.0 Å². The zero-order valence-corrected chi connectivity index (χ0v) is 13.4. The van der Waals surface area contributed by atoms with Crippen LogP contribution in [0.25, 0.3) is 0 Å². The van der Waals surface area contributed by atoms with Crippen molar-refractivity contribution in [2.24, 2.45) is 0 Å². The SMILES string of the molecule is CCCc1cc(=O)[nH]c(SC(C(=O)OC)c2ccccc2)n1. The number of hydrogen-bond acceptors (Lipinski definition) is 5. The highest BCUT2D eigenvalue weighted by molar-refractivity contribution is 8.00. The predicted molar refractivity (Wildman–Crippen MR) is 85.9 cm³/mol. The fourth-order valence-corrected chi connectivity index (χ4v) is 3.06. The molecule has 0 aliphatic rings. The molecule has 0 saturated carbocycles. The minimum absolute atomic E-state index is 0.211. The molecule has 0 aliphatic heterocycles. The number of ether oxygens (including phenoxy) is 1. The maximum Gasteiger partial charge on any atom is 0.323 e. The van der Waals surface area contributed by atoms with Gasteiger partial charge in [-0.3, -0.25) is 9.59 Å². The second kappa shape index (κ2) is 7.79. The zero-order valence-electron chi connectivity index (χ0n) is 12.5. The van der Waals surface area contributed by atoms with E-state index in [9.17, 15) is 9.59 Å². The molecule has 22 heavy (non-hydrogen) atoms. The first-order valence-electron chi connectivity index (χ1n) is 7.03. The number of carbonyl (C=O) groups excluding carboxylic acids is 1. The number of aromatic nitrogens is 2. The summed E-state index contributed by atoms with van der Waals surface area (Å²) in [5.41, 5.74) is 1.32. The van der Waals surface area contributed by atoms with Crippen LogP contribution in [-0.2, 0) is 16.0 Å². The fourth-order valence-electron chi connectivity index (χ4n) is 2.02. The van der Waals surface area contributed by atoms with Gasteiger partial charge in [-0.25, -0.2) is 4.98 Å². The van der Waals surface area contributed by atoms with E-state index < -0.39 is 5.25 Å². The highest BCUT2D eigenvalue weighted by atomic mass is 32.2. The quantitative estimate of drug-likeness (QED) is 0.504. The molecule has 1 heterocycles. The van der Waals surface area contributed by atoms with Gasteiger partial charge in [0, 0.05) is 11.8 Å². The molecule has 2 aromatic rings. The summed E-state index contributed by atoms with van der Waals surface area (Å²) >= 11 is 1.19. The minimum atomic E-state index is -0.564. The summed E-state index contributed by atoms with van der Waals surface area (Å²) in [7, 11) is 1.35. The number of rotatable bonds is 6. The summed E-state index contributed by atoms with van der Waals surface area (Å²) in [6.07, 6.45) is 1.63. The Bertz CT molecular complexity index is 685. The van der Waals surface area contributed by atoms with E-state index in [0.29, 0.717) is 5.16 Å². The molecule has 0 amide bonds. The summed E-state index contributed by atoms with van der Waals surface area (Å²) in [6, 6.07) is 10.8. The van der Waals surface area contributed by atoms with Crippen molar-refractivity contribution in [2.75, 3.05) is 7.11 Å². The number of esters is 1.